The lowest BCUT2D eigenvalue weighted by molar-refractivity contribution is 1.72. The van der Waals surface area contributed by atoms with Gasteiger partial charge in [0.2, 0.25) is 0 Å². The highest BCUT2D eigenvalue weighted by atomic mass is 79.9. The van der Waals surface area contributed by atoms with Crippen LogP contribution >= 0.6 is 50.2 Å². The third-order valence-electron chi connectivity index (χ3n) is 5.22. The van der Waals surface area contributed by atoms with Gasteiger partial charge in [0.15, 0.2) is 0 Å². The molecule has 0 nitrogen and oxygen atoms in total. The molecule has 0 unspecified atom stereocenters. The molecule has 134 valence electrons. The van der Waals surface area contributed by atoms with Gasteiger partial charge in [0.05, 0.1) is 5.02 Å². The molecule has 0 aliphatic heterocycles. The fraction of sp³-hybridized carbons (Fsp3) is 0. The van der Waals surface area contributed by atoms with Crippen LogP contribution in [0.2, 0.25) is 5.02 Å². The number of benzene rings is 4. The molecule has 0 bridgehead atoms. The van der Waals surface area contributed by atoms with Crippen molar-refractivity contribution in [2.75, 3.05) is 0 Å². The smallest absolute Gasteiger partial charge is 0.0577 e. The van der Waals surface area contributed by atoms with Crippen molar-refractivity contribution in [3.8, 4) is 11.1 Å². The van der Waals surface area contributed by atoms with Crippen molar-refractivity contribution >= 4 is 90.5 Å². The van der Waals surface area contributed by atoms with Crippen LogP contribution in [0.4, 0.5) is 0 Å². The first-order valence-corrected chi connectivity index (χ1v) is 11.7. The van der Waals surface area contributed by atoms with Crippen LogP contribution in [0.1, 0.15) is 0 Å². The first kappa shape index (κ1) is 17.0. The van der Waals surface area contributed by atoms with Crippen molar-refractivity contribution in [1.82, 2.24) is 0 Å². The molecule has 2 heterocycles. The Bertz CT molecular complexity index is 1540. The Kier molecular flexibility index (Phi) is 3.82. The van der Waals surface area contributed by atoms with Crippen molar-refractivity contribution in [2.24, 2.45) is 0 Å². The Morgan fingerprint density at radius 3 is 2.21 bits per heavy atom. The van der Waals surface area contributed by atoms with Crippen LogP contribution < -0.4 is 0 Å². The largest absolute Gasteiger partial charge is 0.135 e. The van der Waals surface area contributed by atoms with Crippen molar-refractivity contribution in [1.29, 1.82) is 0 Å². The van der Waals surface area contributed by atoms with Crippen molar-refractivity contribution in [2.45, 2.75) is 0 Å². The summed E-state index contributed by atoms with van der Waals surface area (Å²) >= 11 is 14.2. The van der Waals surface area contributed by atoms with E-state index in [0.717, 1.165) is 26.0 Å². The summed E-state index contributed by atoms with van der Waals surface area (Å²) in [5.74, 6) is 0. The van der Waals surface area contributed by atoms with Crippen LogP contribution in [0.15, 0.2) is 77.3 Å². The summed E-state index contributed by atoms with van der Waals surface area (Å²) in [4.78, 5) is 0. The minimum absolute atomic E-state index is 0.843. The molecule has 6 aromatic rings. The van der Waals surface area contributed by atoms with E-state index < -0.39 is 0 Å². The highest BCUT2D eigenvalue weighted by Crippen LogP contribution is 2.44. The monoisotopic (exact) mass is 478 g/mol. The van der Waals surface area contributed by atoms with Gasteiger partial charge >= 0.3 is 0 Å². The lowest BCUT2D eigenvalue weighted by Crippen LogP contribution is -1.81. The summed E-state index contributed by atoms with van der Waals surface area (Å²) in [6, 6.07) is 26.0. The Hall–Kier alpha value is -1.91. The van der Waals surface area contributed by atoms with Gasteiger partial charge in [-0.15, -0.1) is 22.7 Å². The van der Waals surface area contributed by atoms with Gasteiger partial charge in [-0.3, -0.25) is 0 Å². The van der Waals surface area contributed by atoms with Gasteiger partial charge in [-0.1, -0.05) is 57.9 Å². The van der Waals surface area contributed by atoms with E-state index in [1.54, 1.807) is 11.3 Å². The maximum atomic E-state index is 6.97. The molecule has 0 fully saturated rings. The Labute approximate surface area is 183 Å². The number of hydrogen-bond donors (Lipinski definition) is 0. The van der Waals surface area contributed by atoms with Crippen LogP contribution in [0, 0.1) is 0 Å². The number of thiophene rings is 2. The van der Waals surface area contributed by atoms with E-state index in [1.165, 1.54) is 35.0 Å². The normalized spacial score (nSPS) is 11.9. The summed E-state index contributed by atoms with van der Waals surface area (Å²) in [5.41, 5.74) is 2.25. The van der Waals surface area contributed by atoms with Crippen molar-refractivity contribution in [3.05, 3.63) is 82.3 Å². The lowest BCUT2D eigenvalue weighted by atomic mass is 10.0. The lowest BCUT2D eigenvalue weighted by Gasteiger charge is -2.07. The van der Waals surface area contributed by atoms with Gasteiger partial charge in [0.1, 0.15) is 0 Å². The van der Waals surface area contributed by atoms with Crippen LogP contribution in [-0.4, -0.2) is 0 Å². The number of halogens is 2. The van der Waals surface area contributed by atoms with Crippen LogP contribution in [0.3, 0.4) is 0 Å². The first-order valence-electron chi connectivity index (χ1n) is 8.91. The standard InChI is InChI=1S/C24H12BrClS2/c25-14-6-9-21-18(12-14)17-11-13(5-8-20(17)27-21)15-7-10-22-23(24(15)26)16-3-1-2-4-19(16)28-22/h1-12H. The summed E-state index contributed by atoms with van der Waals surface area (Å²) in [5, 5.41) is 5.81. The van der Waals surface area contributed by atoms with Gasteiger partial charge in [0.25, 0.3) is 0 Å². The van der Waals surface area contributed by atoms with E-state index in [-0.39, 0.29) is 0 Å². The molecular formula is C24H12BrClS2. The Balaban J connectivity index is 1.65. The van der Waals surface area contributed by atoms with E-state index in [2.05, 4.69) is 88.7 Å². The molecule has 0 atom stereocenters. The number of fused-ring (bicyclic) bond motifs is 6. The van der Waals surface area contributed by atoms with Gasteiger partial charge in [-0.05, 0) is 48.0 Å². The zero-order valence-corrected chi connectivity index (χ0v) is 18.5. The topological polar surface area (TPSA) is 0 Å². The maximum absolute atomic E-state index is 6.97. The second kappa shape index (κ2) is 6.30. The molecule has 0 aliphatic rings. The highest BCUT2D eigenvalue weighted by molar-refractivity contribution is 9.10. The van der Waals surface area contributed by atoms with E-state index in [4.69, 9.17) is 11.6 Å². The summed E-state index contributed by atoms with van der Waals surface area (Å²) in [6.45, 7) is 0. The molecular weight excluding hydrogens is 468 g/mol. The van der Waals surface area contributed by atoms with Gasteiger partial charge in [0, 0.05) is 50.4 Å². The highest BCUT2D eigenvalue weighted by Gasteiger charge is 2.14. The predicted octanol–water partition coefficient (Wildman–Crippen LogP) is 9.51. The summed E-state index contributed by atoms with van der Waals surface area (Å²) in [7, 11) is 0. The first-order chi connectivity index (χ1) is 13.7. The molecule has 0 saturated carbocycles. The molecule has 4 aromatic carbocycles. The van der Waals surface area contributed by atoms with Crippen molar-refractivity contribution in [3.63, 3.8) is 0 Å². The molecule has 0 saturated heterocycles. The molecule has 0 spiro atoms. The number of rotatable bonds is 1. The van der Waals surface area contributed by atoms with E-state index >= 15 is 0 Å². The minimum atomic E-state index is 0.843. The molecule has 28 heavy (non-hydrogen) atoms. The van der Waals surface area contributed by atoms with E-state index in [1.807, 2.05) is 11.3 Å². The fourth-order valence-electron chi connectivity index (χ4n) is 3.92. The Morgan fingerprint density at radius 1 is 0.643 bits per heavy atom. The van der Waals surface area contributed by atoms with Gasteiger partial charge < -0.3 is 0 Å². The van der Waals surface area contributed by atoms with Gasteiger partial charge in [-0.25, -0.2) is 0 Å². The summed E-state index contributed by atoms with van der Waals surface area (Å²) in [6.07, 6.45) is 0. The third-order valence-corrected chi connectivity index (χ3v) is 8.40. The van der Waals surface area contributed by atoms with E-state index in [0.29, 0.717) is 0 Å². The SMILES string of the molecule is Clc1c(-c2ccc3sc4ccc(Br)cc4c3c2)ccc2sc3ccccc3c12. The van der Waals surface area contributed by atoms with Gasteiger partial charge in [-0.2, -0.15) is 0 Å². The van der Waals surface area contributed by atoms with Crippen LogP contribution in [0.5, 0.6) is 0 Å². The minimum Gasteiger partial charge on any atom is -0.135 e. The average molecular weight is 480 g/mol. The molecule has 4 heteroatoms. The molecule has 0 amide bonds. The quantitative estimate of drug-likeness (QED) is 0.220. The van der Waals surface area contributed by atoms with Crippen LogP contribution in [-0.2, 0) is 0 Å². The Morgan fingerprint density at radius 2 is 1.32 bits per heavy atom. The molecule has 0 aliphatic carbocycles. The zero-order valence-electron chi connectivity index (χ0n) is 14.5. The zero-order chi connectivity index (χ0) is 18.8. The number of hydrogen-bond acceptors (Lipinski definition) is 2. The van der Waals surface area contributed by atoms with Crippen molar-refractivity contribution < 1.29 is 0 Å². The van der Waals surface area contributed by atoms with E-state index in [9.17, 15) is 0 Å². The average Bonchev–Trinajstić information content (AvgIpc) is 3.26. The summed E-state index contributed by atoms with van der Waals surface area (Å²) < 4.78 is 6.23. The second-order valence-corrected chi connectivity index (χ2v) is 10.3. The maximum Gasteiger partial charge on any atom is 0.0577 e. The molecule has 0 N–H and O–H groups in total. The second-order valence-electron chi connectivity index (χ2n) is 6.85. The fourth-order valence-corrected chi connectivity index (χ4v) is 6.89. The molecule has 2 aromatic heterocycles. The predicted molar refractivity (Wildman–Crippen MR) is 130 cm³/mol. The molecule has 6 rings (SSSR count). The third kappa shape index (κ3) is 2.47. The van der Waals surface area contributed by atoms with Crippen LogP contribution in [0.25, 0.3) is 51.5 Å². The molecule has 0 radical (unpaired) electrons.